The molecule has 6 heteroatoms. The van der Waals surface area contributed by atoms with Crippen LogP contribution >= 0.6 is 0 Å². The van der Waals surface area contributed by atoms with Gasteiger partial charge in [0.2, 0.25) is 0 Å². The van der Waals surface area contributed by atoms with E-state index in [9.17, 15) is 14.4 Å². The van der Waals surface area contributed by atoms with Crippen molar-refractivity contribution in [2.75, 3.05) is 13.2 Å². The standard InChI is InChI=1S/C66H122O6/c1-4-7-10-13-16-19-22-23-24-25-26-27-28-29-30-31-32-33-34-35-36-37-38-39-40-41-42-43-45-47-50-53-56-59-65(68)71-62-63(61-70-64(67)58-55-52-49-46-21-18-15-12-9-6-3)72-66(69)60-57-54-51-48-44-20-17-14-11-8-5-2/h14,17,22-23,25-26,63H,4-13,15-16,18-21,24,27-62H2,1-3H3/b17-14-,23-22-,26-25-. The minimum absolute atomic E-state index is 0.0703. The number of carbonyl (C=O) groups excluding carboxylic acids is 3. The molecule has 0 heterocycles. The van der Waals surface area contributed by atoms with E-state index in [4.69, 9.17) is 14.2 Å². The molecule has 0 aliphatic rings. The molecule has 0 aromatic rings. The lowest BCUT2D eigenvalue weighted by atomic mass is 10.0. The highest BCUT2D eigenvalue weighted by molar-refractivity contribution is 5.71. The van der Waals surface area contributed by atoms with Crippen LogP contribution in [0.25, 0.3) is 0 Å². The molecule has 1 atom stereocenters. The van der Waals surface area contributed by atoms with Gasteiger partial charge in [-0.2, -0.15) is 0 Å². The van der Waals surface area contributed by atoms with E-state index >= 15 is 0 Å². The van der Waals surface area contributed by atoms with E-state index in [-0.39, 0.29) is 31.1 Å². The molecule has 0 fully saturated rings. The van der Waals surface area contributed by atoms with Crippen molar-refractivity contribution >= 4 is 17.9 Å². The summed E-state index contributed by atoms with van der Waals surface area (Å²) in [5.41, 5.74) is 0. The maximum absolute atomic E-state index is 12.8. The van der Waals surface area contributed by atoms with Crippen LogP contribution in [0.15, 0.2) is 36.5 Å². The quantitative estimate of drug-likeness (QED) is 0.0261. The van der Waals surface area contributed by atoms with Gasteiger partial charge in [-0.3, -0.25) is 14.4 Å². The van der Waals surface area contributed by atoms with Crippen LogP contribution in [0, 0.1) is 0 Å². The fourth-order valence-electron chi connectivity index (χ4n) is 9.52. The van der Waals surface area contributed by atoms with E-state index in [1.807, 2.05) is 0 Å². The van der Waals surface area contributed by atoms with E-state index in [1.54, 1.807) is 0 Å². The van der Waals surface area contributed by atoms with E-state index < -0.39 is 6.10 Å². The summed E-state index contributed by atoms with van der Waals surface area (Å²) in [4.78, 5) is 38.0. The van der Waals surface area contributed by atoms with Crippen molar-refractivity contribution in [3.8, 4) is 0 Å². The van der Waals surface area contributed by atoms with Gasteiger partial charge in [0.1, 0.15) is 13.2 Å². The van der Waals surface area contributed by atoms with Gasteiger partial charge in [-0.1, -0.05) is 295 Å². The summed E-state index contributed by atoms with van der Waals surface area (Å²) in [5, 5.41) is 0. The van der Waals surface area contributed by atoms with Gasteiger partial charge in [0.25, 0.3) is 0 Å². The zero-order valence-corrected chi connectivity index (χ0v) is 48.5. The van der Waals surface area contributed by atoms with Crippen LogP contribution in [0.2, 0.25) is 0 Å². The van der Waals surface area contributed by atoms with Crippen molar-refractivity contribution in [3.63, 3.8) is 0 Å². The smallest absolute Gasteiger partial charge is 0.306 e. The number of hydrogen-bond donors (Lipinski definition) is 0. The second kappa shape index (κ2) is 61.2. The largest absolute Gasteiger partial charge is 0.462 e. The van der Waals surface area contributed by atoms with Crippen LogP contribution in [0.3, 0.4) is 0 Å². The van der Waals surface area contributed by atoms with Gasteiger partial charge in [-0.05, 0) is 70.6 Å². The first-order valence-corrected chi connectivity index (χ1v) is 32.0. The Balaban J connectivity index is 3.96. The molecule has 0 aromatic carbocycles. The van der Waals surface area contributed by atoms with Crippen LogP contribution < -0.4 is 0 Å². The third-order valence-electron chi connectivity index (χ3n) is 14.4. The van der Waals surface area contributed by atoms with E-state index in [0.717, 1.165) is 70.6 Å². The average molecular weight is 1010 g/mol. The molecule has 6 nitrogen and oxygen atoms in total. The summed E-state index contributed by atoms with van der Waals surface area (Å²) in [6, 6.07) is 0. The van der Waals surface area contributed by atoms with Crippen molar-refractivity contribution < 1.29 is 28.6 Å². The molecule has 0 aliphatic carbocycles. The summed E-state index contributed by atoms with van der Waals surface area (Å²) in [7, 11) is 0. The number of ether oxygens (including phenoxy) is 3. The molecule has 72 heavy (non-hydrogen) atoms. The summed E-state index contributed by atoms with van der Waals surface area (Å²) >= 11 is 0. The molecule has 0 saturated carbocycles. The zero-order valence-electron chi connectivity index (χ0n) is 48.5. The molecule has 0 aromatic heterocycles. The van der Waals surface area contributed by atoms with E-state index in [2.05, 4.69) is 57.2 Å². The zero-order chi connectivity index (χ0) is 52.2. The van der Waals surface area contributed by atoms with E-state index in [0.29, 0.717) is 19.3 Å². The molecule has 0 bridgehead atoms. The van der Waals surface area contributed by atoms with Crippen LogP contribution in [-0.2, 0) is 28.6 Å². The first kappa shape index (κ1) is 69.6. The SMILES string of the molecule is CCCC/C=C\CCCCCCCC(=O)OC(COC(=O)CCCCCCCCCCCC)COC(=O)CCCCCCCCCCCCCCCCCCCCCCC/C=C\C/C=C\CCCCCCC. The van der Waals surface area contributed by atoms with Crippen LogP contribution in [0.5, 0.6) is 0 Å². The number of unbranched alkanes of at least 4 members (excludes halogenated alkanes) is 42. The number of carbonyl (C=O) groups is 3. The molecule has 0 spiro atoms. The van der Waals surface area contributed by atoms with Crippen molar-refractivity contribution in [2.24, 2.45) is 0 Å². The van der Waals surface area contributed by atoms with Crippen molar-refractivity contribution in [3.05, 3.63) is 36.5 Å². The summed E-state index contributed by atoms with van der Waals surface area (Å²) in [6.07, 6.45) is 74.7. The molecule has 1 unspecified atom stereocenters. The maximum Gasteiger partial charge on any atom is 0.306 e. The third-order valence-corrected chi connectivity index (χ3v) is 14.4. The first-order chi connectivity index (χ1) is 35.5. The summed E-state index contributed by atoms with van der Waals surface area (Å²) < 4.78 is 16.8. The van der Waals surface area contributed by atoms with Crippen LogP contribution in [-0.4, -0.2) is 37.2 Å². The Morgan fingerprint density at radius 3 is 0.819 bits per heavy atom. The fraction of sp³-hybridized carbons (Fsp3) is 0.864. The fourth-order valence-corrected chi connectivity index (χ4v) is 9.52. The predicted molar refractivity (Wildman–Crippen MR) is 312 cm³/mol. The molecule has 0 N–H and O–H groups in total. The first-order valence-electron chi connectivity index (χ1n) is 32.0. The molecular weight excluding hydrogens is 889 g/mol. The van der Waals surface area contributed by atoms with Crippen LogP contribution in [0.1, 0.15) is 348 Å². The molecular formula is C66H122O6. The second-order valence-corrected chi connectivity index (χ2v) is 21.7. The maximum atomic E-state index is 12.8. The topological polar surface area (TPSA) is 78.9 Å². The summed E-state index contributed by atoms with van der Waals surface area (Å²) in [5.74, 6) is -0.864. The number of rotatable bonds is 59. The van der Waals surface area contributed by atoms with Gasteiger partial charge in [0, 0.05) is 19.3 Å². The molecule has 0 aliphatic heterocycles. The van der Waals surface area contributed by atoms with Crippen molar-refractivity contribution in [2.45, 2.75) is 354 Å². The van der Waals surface area contributed by atoms with Gasteiger partial charge in [0.15, 0.2) is 6.10 Å². The Morgan fingerprint density at radius 1 is 0.278 bits per heavy atom. The highest BCUT2D eigenvalue weighted by atomic mass is 16.6. The lowest BCUT2D eigenvalue weighted by Gasteiger charge is -2.18. The third kappa shape index (κ3) is 58.5. The van der Waals surface area contributed by atoms with Crippen LogP contribution in [0.4, 0.5) is 0 Å². The summed E-state index contributed by atoms with van der Waals surface area (Å²) in [6.45, 7) is 6.61. The van der Waals surface area contributed by atoms with Gasteiger partial charge in [-0.15, -0.1) is 0 Å². The lowest BCUT2D eigenvalue weighted by Crippen LogP contribution is -2.30. The van der Waals surface area contributed by atoms with E-state index in [1.165, 1.54) is 238 Å². The molecule has 422 valence electrons. The molecule has 0 rings (SSSR count). The highest BCUT2D eigenvalue weighted by Gasteiger charge is 2.19. The normalized spacial score (nSPS) is 12.2. The monoisotopic (exact) mass is 1010 g/mol. The Bertz CT molecular complexity index is 1210. The number of allylic oxidation sites excluding steroid dienone is 6. The average Bonchev–Trinajstić information content (AvgIpc) is 3.38. The molecule has 0 saturated heterocycles. The predicted octanol–water partition coefficient (Wildman–Crippen LogP) is 21.6. The Morgan fingerprint density at radius 2 is 0.514 bits per heavy atom. The molecule has 0 radical (unpaired) electrons. The number of esters is 3. The molecule has 0 amide bonds. The lowest BCUT2D eigenvalue weighted by molar-refractivity contribution is -0.167. The highest BCUT2D eigenvalue weighted by Crippen LogP contribution is 2.18. The van der Waals surface area contributed by atoms with Crippen molar-refractivity contribution in [1.29, 1.82) is 0 Å². The van der Waals surface area contributed by atoms with Gasteiger partial charge < -0.3 is 14.2 Å². The van der Waals surface area contributed by atoms with Gasteiger partial charge in [-0.25, -0.2) is 0 Å². The Hall–Kier alpha value is -2.37. The minimum atomic E-state index is -0.770. The van der Waals surface area contributed by atoms with Crippen molar-refractivity contribution in [1.82, 2.24) is 0 Å². The number of hydrogen-bond acceptors (Lipinski definition) is 6. The Kier molecular flexibility index (Phi) is 59.2. The van der Waals surface area contributed by atoms with Gasteiger partial charge >= 0.3 is 17.9 Å². The minimum Gasteiger partial charge on any atom is -0.462 e. The van der Waals surface area contributed by atoms with Gasteiger partial charge in [0.05, 0.1) is 0 Å². The second-order valence-electron chi connectivity index (χ2n) is 21.7. The Labute approximate surface area is 448 Å².